The van der Waals surface area contributed by atoms with Crippen LogP contribution in [0.15, 0.2) is 30.6 Å². The van der Waals surface area contributed by atoms with Crippen LogP contribution in [0.4, 0.5) is 37.8 Å². The number of imide groups is 1. The Kier molecular flexibility index (Phi) is 12.9. The minimum absolute atomic E-state index is 0.00790. The molecule has 59 heavy (non-hydrogen) atoms. The first-order chi connectivity index (χ1) is 27.8. The maximum absolute atomic E-state index is 14.2. The number of piperidine rings is 1. The molecule has 1 aliphatic carbocycles. The van der Waals surface area contributed by atoms with Gasteiger partial charge in [-0.2, -0.15) is 31.6 Å². The molecule has 0 spiro atoms. The van der Waals surface area contributed by atoms with E-state index in [-0.39, 0.29) is 60.6 Å². The Labute approximate surface area is 341 Å². The second kappa shape index (κ2) is 17.4. The van der Waals surface area contributed by atoms with E-state index < -0.39 is 65.4 Å². The molecule has 1 saturated carbocycles. The van der Waals surface area contributed by atoms with Gasteiger partial charge < -0.3 is 19.9 Å². The van der Waals surface area contributed by atoms with Gasteiger partial charge in [0.25, 0.3) is 5.91 Å². The van der Waals surface area contributed by atoms with E-state index in [1.807, 2.05) is 0 Å². The van der Waals surface area contributed by atoms with Crippen molar-refractivity contribution >= 4 is 52.5 Å². The summed E-state index contributed by atoms with van der Waals surface area (Å²) < 4.78 is 89.8. The largest absolute Gasteiger partial charge is 0.419 e. The van der Waals surface area contributed by atoms with Gasteiger partial charge in [0.1, 0.15) is 23.5 Å². The number of nitriles is 1. The van der Waals surface area contributed by atoms with Crippen molar-refractivity contribution in [2.45, 2.75) is 101 Å². The summed E-state index contributed by atoms with van der Waals surface area (Å²) in [4.78, 5) is 63.5. The van der Waals surface area contributed by atoms with Gasteiger partial charge in [0.05, 0.1) is 36.0 Å². The highest BCUT2D eigenvalue weighted by Crippen LogP contribution is 2.40. The summed E-state index contributed by atoms with van der Waals surface area (Å²) in [5.74, 6) is -2.59. The van der Waals surface area contributed by atoms with Crippen LogP contribution in [0.3, 0.4) is 0 Å². The summed E-state index contributed by atoms with van der Waals surface area (Å²) in [6.07, 6.45) is -3.98. The van der Waals surface area contributed by atoms with Crippen LogP contribution in [0.1, 0.15) is 81.5 Å². The number of carbonyl (C=O) groups is 4. The van der Waals surface area contributed by atoms with Gasteiger partial charge in [-0.1, -0.05) is 0 Å². The maximum Gasteiger partial charge on any atom is 0.419 e. The molecule has 4 fully saturated rings. The zero-order chi connectivity index (χ0) is 42.9. The van der Waals surface area contributed by atoms with E-state index in [2.05, 4.69) is 20.6 Å². The van der Waals surface area contributed by atoms with Crippen LogP contribution in [0.25, 0.3) is 0 Å². The van der Waals surface area contributed by atoms with Crippen molar-refractivity contribution in [2.75, 3.05) is 49.5 Å². The molecule has 21 heteroatoms. The molecule has 0 bridgehead atoms. The number of rotatable bonds is 11. The molecule has 0 radical (unpaired) electrons. The smallest absolute Gasteiger partial charge is 0.378 e. The molecular formula is C38H43F6N9O5S. The van der Waals surface area contributed by atoms with Crippen molar-refractivity contribution in [1.82, 2.24) is 30.0 Å². The molecule has 318 valence electrons. The minimum atomic E-state index is -4.87. The van der Waals surface area contributed by atoms with Crippen molar-refractivity contribution in [3.8, 4) is 6.07 Å². The SMILES string of the molecule is CC1(C)C(=O)N(c2cnc(C#N)c(C(F)(F)F)c2)C(=S)N1C1CCC(OCCCN2CCN(CC(=O)Nc3cc(C4CCC(=O)NC4=O)ccn3)[C@@H](C(F)(F)F)C2)CC1. The Morgan fingerprint density at radius 1 is 1.07 bits per heavy atom. The van der Waals surface area contributed by atoms with E-state index in [4.69, 9.17) is 22.2 Å². The molecule has 2 aromatic heterocycles. The number of thiocarbonyl (C=S) groups is 1. The topological polar surface area (TPSA) is 164 Å². The number of carbonyl (C=O) groups excluding carboxylic acids is 4. The lowest BCUT2D eigenvalue weighted by Crippen LogP contribution is -2.60. The molecule has 3 aliphatic heterocycles. The lowest BCUT2D eigenvalue weighted by molar-refractivity contribution is -0.197. The zero-order valence-electron chi connectivity index (χ0n) is 32.2. The highest BCUT2D eigenvalue weighted by atomic mass is 32.1. The summed E-state index contributed by atoms with van der Waals surface area (Å²) in [6, 6.07) is 3.09. The zero-order valence-corrected chi connectivity index (χ0v) is 33.1. The highest BCUT2D eigenvalue weighted by Gasteiger charge is 2.53. The predicted octanol–water partition coefficient (Wildman–Crippen LogP) is 4.50. The van der Waals surface area contributed by atoms with Crippen LogP contribution < -0.4 is 15.5 Å². The first-order valence-electron chi connectivity index (χ1n) is 19.2. The van der Waals surface area contributed by atoms with Crippen molar-refractivity contribution in [3.05, 3.63) is 47.4 Å². The lowest BCUT2D eigenvalue weighted by atomic mass is 9.89. The van der Waals surface area contributed by atoms with Crippen LogP contribution in [0, 0.1) is 11.3 Å². The Bertz CT molecular complexity index is 2000. The van der Waals surface area contributed by atoms with E-state index in [0.29, 0.717) is 63.4 Å². The van der Waals surface area contributed by atoms with Gasteiger partial charge >= 0.3 is 12.4 Å². The monoisotopic (exact) mass is 851 g/mol. The van der Waals surface area contributed by atoms with Crippen molar-refractivity contribution in [1.29, 1.82) is 5.26 Å². The third-order valence-corrected chi connectivity index (χ3v) is 11.6. The molecule has 5 heterocycles. The van der Waals surface area contributed by atoms with Crippen LogP contribution >= 0.6 is 12.2 Å². The van der Waals surface area contributed by atoms with E-state index in [1.165, 1.54) is 18.3 Å². The summed E-state index contributed by atoms with van der Waals surface area (Å²) in [6.45, 7) is 3.37. The number of amides is 4. The van der Waals surface area contributed by atoms with Gasteiger partial charge in [-0.3, -0.25) is 34.3 Å². The Morgan fingerprint density at radius 2 is 1.80 bits per heavy atom. The standard InChI is InChI=1S/C38H43F6N9O5S/c1-36(2)34(57)52(24-17-27(37(39,40)41)28(18-45)47-19-24)35(59)53(36)23-4-6-25(7-5-23)58-15-3-12-50-13-14-51(29(20-50)38(42,43)44)21-32(55)48-30-16-22(10-11-46-30)26-8-9-31(54)49-33(26)56/h10-11,16-17,19,23,25-26,29H,3-9,12-15,20-21H2,1-2H3,(H,46,48,55)(H,49,54,56)/t23?,25?,26?,29-/m1/s1. The molecule has 0 aromatic carbocycles. The number of ether oxygens (including phenoxy) is 1. The Balaban J connectivity index is 0.956. The number of hydrogen-bond acceptors (Lipinski definition) is 11. The quantitative estimate of drug-likeness (QED) is 0.141. The molecule has 3 saturated heterocycles. The summed E-state index contributed by atoms with van der Waals surface area (Å²) in [5, 5.41) is 14.0. The van der Waals surface area contributed by atoms with Crippen LogP contribution in [-0.4, -0.2) is 123 Å². The molecule has 4 amide bonds. The van der Waals surface area contributed by atoms with E-state index in [9.17, 15) is 45.5 Å². The number of nitrogens with zero attached hydrogens (tertiary/aromatic N) is 7. The normalized spacial score (nSPS) is 24.6. The summed E-state index contributed by atoms with van der Waals surface area (Å²) in [7, 11) is 0. The summed E-state index contributed by atoms with van der Waals surface area (Å²) >= 11 is 5.65. The molecule has 14 nitrogen and oxygen atoms in total. The number of pyridine rings is 2. The average molecular weight is 852 g/mol. The van der Waals surface area contributed by atoms with Crippen molar-refractivity contribution in [2.24, 2.45) is 0 Å². The number of nitrogens with one attached hydrogen (secondary N) is 2. The van der Waals surface area contributed by atoms with Crippen molar-refractivity contribution in [3.63, 3.8) is 0 Å². The minimum Gasteiger partial charge on any atom is -0.378 e. The van der Waals surface area contributed by atoms with E-state index in [0.717, 1.165) is 16.0 Å². The van der Waals surface area contributed by atoms with E-state index in [1.54, 1.807) is 29.7 Å². The van der Waals surface area contributed by atoms with Crippen LogP contribution in [-0.2, 0) is 30.1 Å². The number of piperazine rings is 1. The molecular weight excluding hydrogens is 809 g/mol. The lowest BCUT2D eigenvalue weighted by Gasteiger charge is -2.42. The average Bonchev–Trinajstić information content (AvgIpc) is 3.34. The fraction of sp³-hybridized carbons (Fsp3) is 0.579. The van der Waals surface area contributed by atoms with Gasteiger partial charge in [-0.15, -0.1) is 0 Å². The number of anilines is 2. The first kappa shape index (κ1) is 43.8. The number of alkyl halides is 6. The number of aromatic nitrogens is 2. The molecule has 6 rings (SSSR count). The Hall–Kier alpha value is -4.78. The summed E-state index contributed by atoms with van der Waals surface area (Å²) in [5.41, 5.74) is -2.92. The molecule has 2 N–H and O–H groups in total. The van der Waals surface area contributed by atoms with Crippen molar-refractivity contribution < 1.29 is 50.3 Å². The van der Waals surface area contributed by atoms with Gasteiger partial charge in [0, 0.05) is 51.4 Å². The Morgan fingerprint density at radius 3 is 2.46 bits per heavy atom. The van der Waals surface area contributed by atoms with Crippen LogP contribution in [0.2, 0.25) is 0 Å². The fourth-order valence-electron chi connectivity index (χ4n) is 8.23. The van der Waals surface area contributed by atoms with Crippen LogP contribution in [0.5, 0.6) is 0 Å². The van der Waals surface area contributed by atoms with Gasteiger partial charge in [0.2, 0.25) is 17.7 Å². The highest BCUT2D eigenvalue weighted by molar-refractivity contribution is 7.80. The maximum atomic E-state index is 14.2. The first-order valence-corrected chi connectivity index (χ1v) is 19.6. The molecule has 1 unspecified atom stereocenters. The third kappa shape index (κ3) is 9.82. The molecule has 2 atom stereocenters. The molecule has 4 aliphatic rings. The predicted molar refractivity (Wildman–Crippen MR) is 202 cm³/mol. The second-order valence-corrected chi connectivity index (χ2v) is 15.9. The van der Waals surface area contributed by atoms with Gasteiger partial charge in [-0.25, -0.2) is 9.97 Å². The fourth-order valence-corrected chi connectivity index (χ4v) is 8.80. The van der Waals surface area contributed by atoms with E-state index >= 15 is 0 Å². The molecule has 2 aromatic rings. The van der Waals surface area contributed by atoms with Gasteiger partial charge in [0.15, 0.2) is 10.8 Å². The van der Waals surface area contributed by atoms with Gasteiger partial charge in [-0.05, 0) is 88.4 Å². The number of halogens is 6. The number of hydrogen-bond donors (Lipinski definition) is 2. The third-order valence-electron chi connectivity index (χ3n) is 11.2. The second-order valence-electron chi connectivity index (χ2n) is 15.6.